The first kappa shape index (κ1) is 13.6. The van der Waals surface area contributed by atoms with Crippen LogP contribution in [0.2, 0.25) is 0 Å². The van der Waals surface area contributed by atoms with Crippen molar-refractivity contribution in [2.45, 2.75) is 19.9 Å². The number of aryl methyl sites for hydroxylation is 1. The van der Waals surface area contributed by atoms with Crippen LogP contribution in [0.25, 0.3) is 0 Å². The fourth-order valence-electron chi connectivity index (χ4n) is 1.80. The number of carbonyl (C=O) groups is 1. The summed E-state index contributed by atoms with van der Waals surface area (Å²) < 4.78 is 5.12. The SMILES string of the molecule is COc1ccc([C@H](C)NC(=O)c2ccc(C)s2)cc1. The van der Waals surface area contributed by atoms with Crippen molar-refractivity contribution in [3.63, 3.8) is 0 Å². The van der Waals surface area contributed by atoms with Gasteiger partial charge in [-0.3, -0.25) is 4.79 Å². The lowest BCUT2D eigenvalue weighted by Crippen LogP contribution is -2.25. The van der Waals surface area contributed by atoms with E-state index >= 15 is 0 Å². The van der Waals surface area contributed by atoms with Crippen LogP contribution in [0.15, 0.2) is 36.4 Å². The molecule has 2 rings (SSSR count). The topological polar surface area (TPSA) is 38.3 Å². The maximum atomic E-state index is 12.0. The van der Waals surface area contributed by atoms with E-state index < -0.39 is 0 Å². The number of thiophene rings is 1. The van der Waals surface area contributed by atoms with Crippen molar-refractivity contribution in [3.05, 3.63) is 51.7 Å². The second-order valence-electron chi connectivity index (χ2n) is 4.38. The Bertz CT molecular complexity index is 560. The molecular formula is C15H17NO2S. The average molecular weight is 275 g/mol. The van der Waals surface area contributed by atoms with E-state index in [1.54, 1.807) is 7.11 Å². The van der Waals surface area contributed by atoms with Gasteiger partial charge >= 0.3 is 0 Å². The van der Waals surface area contributed by atoms with Gasteiger partial charge in [-0.25, -0.2) is 0 Å². The number of nitrogens with one attached hydrogen (secondary N) is 1. The van der Waals surface area contributed by atoms with Gasteiger partial charge in [-0.15, -0.1) is 11.3 Å². The minimum atomic E-state index is -0.0270. The molecule has 1 amide bonds. The Labute approximate surface area is 117 Å². The Morgan fingerprint density at radius 3 is 2.42 bits per heavy atom. The Morgan fingerprint density at radius 2 is 1.89 bits per heavy atom. The molecule has 0 unspecified atom stereocenters. The van der Waals surface area contributed by atoms with E-state index in [9.17, 15) is 4.79 Å². The smallest absolute Gasteiger partial charge is 0.261 e. The van der Waals surface area contributed by atoms with Gasteiger partial charge in [0.15, 0.2) is 0 Å². The maximum Gasteiger partial charge on any atom is 0.261 e. The van der Waals surface area contributed by atoms with E-state index in [0.29, 0.717) is 0 Å². The number of rotatable bonds is 4. The first-order valence-electron chi connectivity index (χ1n) is 6.11. The van der Waals surface area contributed by atoms with Crippen LogP contribution >= 0.6 is 11.3 Å². The average Bonchev–Trinajstić information content (AvgIpc) is 2.85. The third-order valence-corrected chi connectivity index (χ3v) is 3.93. The molecule has 0 bridgehead atoms. The molecule has 0 saturated heterocycles. The van der Waals surface area contributed by atoms with Gasteiger partial charge in [0.2, 0.25) is 0 Å². The molecule has 0 aliphatic heterocycles. The predicted molar refractivity (Wildman–Crippen MR) is 77.9 cm³/mol. The fraction of sp³-hybridized carbons (Fsp3) is 0.267. The zero-order chi connectivity index (χ0) is 13.8. The molecule has 2 aromatic rings. The molecule has 0 radical (unpaired) electrons. The van der Waals surface area contributed by atoms with Gasteiger partial charge in [-0.1, -0.05) is 12.1 Å². The molecule has 19 heavy (non-hydrogen) atoms. The standard InChI is InChI=1S/C15H17NO2S/c1-10-4-9-14(19-10)15(17)16-11(2)12-5-7-13(18-3)8-6-12/h4-9,11H,1-3H3,(H,16,17)/t11-/m0/s1. The number of methoxy groups -OCH3 is 1. The van der Waals surface area contributed by atoms with Crippen molar-refractivity contribution in [2.24, 2.45) is 0 Å². The lowest BCUT2D eigenvalue weighted by atomic mass is 10.1. The van der Waals surface area contributed by atoms with Crippen LogP contribution in [0, 0.1) is 6.92 Å². The van der Waals surface area contributed by atoms with Crippen LogP contribution < -0.4 is 10.1 Å². The lowest BCUT2D eigenvalue weighted by Gasteiger charge is -2.14. The number of hydrogen-bond donors (Lipinski definition) is 1. The quantitative estimate of drug-likeness (QED) is 0.926. The third kappa shape index (κ3) is 3.35. The summed E-state index contributed by atoms with van der Waals surface area (Å²) in [6, 6.07) is 11.5. The third-order valence-electron chi connectivity index (χ3n) is 2.93. The van der Waals surface area contributed by atoms with E-state index in [0.717, 1.165) is 21.1 Å². The van der Waals surface area contributed by atoms with Crippen LogP contribution in [-0.4, -0.2) is 13.0 Å². The van der Waals surface area contributed by atoms with Crippen molar-refractivity contribution in [2.75, 3.05) is 7.11 Å². The lowest BCUT2D eigenvalue weighted by molar-refractivity contribution is 0.0944. The number of hydrogen-bond acceptors (Lipinski definition) is 3. The van der Waals surface area contributed by atoms with Crippen LogP contribution in [0.4, 0.5) is 0 Å². The molecule has 0 aliphatic carbocycles. The fourth-order valence-corrected chi connectivity index (χ4v) is 2.57. The van der Waals surface area contributed by atoms with Crippen LogP contribution in [0.5, 0.6) is 5.75 Å². The molecule has 0 fully saturated rings. The minimum Gasteiger partial charge on any atom is -0.497 e. The Morgan fingerprint density at radius 1 is 1.21 bits per heavy atom. The Hall–Kier alpha value is -1.81. The molecule has 1 N–H and O–H groups in total. The number of benzene rings is 1. The molecule has 0 saturated carbocycles. The normalized spacial score (nSPS) is 11.9. The van der Waals surface area contributed by atoms with Crippen LogP contribution in [0.1, 0.15) is 33.1 Å². The Kier molecular flexibility index (Phi) is 4.22. The maximum absolute atomic E-state index is 12.0. The second kappa shape index (κ2) is 5.89. The monoisotopic (exact) mass is 275 g/mol. The summed E-state index contributed by atoms with van der Waals surface area (Å²) >= 11 is 1.51. The number of amides is 1. The van der Waals surface area contributed by atoms with Gasteiger partial charge in [-0.2, -0.15) is 0 Å². The molecule has 3 nitrogen and oxygen atoms in total. The highest BCUT2D eigenvalue weighted by molar-refractivity contribution is 7.13. The highest BCUT2D eigenvalue weighted by Crippen LogP contribution is 2.19. The molecule has 1 heterocycles. The van der Waals surface area contributed by atoms with E-state index in [2.05, 4.69) is 5.32 Å². The molecular weight excluding hydrogens is 258 g/mol. The first-order chi connectivity index (χ1) is 9.10. The van der Waals surface area contributed by atoms with Gasteiger partial charge in [0.05, 0.1) is 18.0 Å². The second-order valence-corrected chi connectivity index (χ2v) is 5.67. The summed E-state index contributed by atoms with van der Waals surface area (Å²) in [5, 5.41) is 2.99. The molecule has 1 aromatic heterocycles. The van der Waals surface area contributed by atoms with Gasteiger partial charge in [0.25, 0.3) is 5.91 Å². The summed E-state index contributed by atoms with van der Waals surface area (Å²) in [5.74, 6) is 0.789. The van der Waals surface area contributed by atoms with Gasteiger partial charge in [0, 0.05) is 4.88 Å². The minimum absolute atomic E-state index is 0.0265. The van der Waals surface area contributed by atoms with Crippen LogP contribution in [-0.2, 0) is 0 Å². The van der Waals surface area contributed by atoms with E-state index in [-0.39, 0.29) is 11.9 Å². The van der Waals surface area contributed by atoms with Crippen molar-refractivity contribution in [1.29, 1.82) is 0 Å². The zero-order valence-corrected chi connectivity index (χ0v) is 12.1. The highest BCUT2D eigenvalue weighted by Gasteiger charge is 2.12. The van der Waals surface area contributed by atoms with Crippen LogP contribution in [0.3, 0.4) is 0 Å². The molecule has 1 aromatic carbocycles. The zero-order valence-electron chi connectivity index (χ0n) is 11.3. The van der Waals surface area contributed by atoms with E-state index in [1.165, 1.54) is 11.3 Å². The van der Waals surface area contributed by atoms with Gasteiger partial charge in [0.1, 0.15) is 5.75 Å². The molecule has 1 atom stereocenters. The molecule has 0 aliphatic rings. The van der Waals surface area contributed by atoms with Crippen molar-refractivity contribution < 1.29 is 9.53 Å². The largest absolute Gasteiger partial charge is 0.497 e. The Balaban J connectivity index is 2.03. The number of ether oxygens (including phenoxy) is 1. The summed E-state index contributed by atoms with van der Waals surface area (Å²) in [4.78, 5) is 13.9. The van der Waals surface area contributed by atoms with E-state index in [1.807, 2.05) is 50.2 Å². The summed E-state index contributed by atoms with van der Waals surface area (Å²) in [5.41, 5.74) is 1.06. The van der Waals surface area contributed by atoms with Crippen molar-refractivity contribution in [3.8, 4) is 5.75 Å². The summed E-state index contributed by atoms with van der Waals surface area (Å²) in [6.07, 6.45) is 0. The predicted octanol–water partition coefficient (Wildman–Crippen LogP) is 3.56. The number of carbonyl (C=O) groups excluding carboxylic acids is 1. The highest BCUT2D eigenvalue weighted by atomic mass is 32.1. The molecule has 0 spiro atoms. The molecule has 4 heteroatoms. The molecule has 100 valence electrons. The van der Waals surface area contributed by atoms with Gasteiger partial charge in [-0.05, 0) is 43.7 Å². The first-order valence-corrected chi connectivity index (χ1v) is 6.93. The van der Waals surface area contributed by atoms with Crippen molar-refractivity contribution in [1.82, 2.24) is 5.32 Å². The summed E-state index contributed by atoms with van der Waals surface area (Å²) in [7, 11) is 1.64. The van der Waals surface area contributed by atoms with E-state index in [4.69, 9.17) is 4.74 Å². The van der Waals surface area contributed by atoms with Crippen molar-refractivity contribution >= 4 is 17.2 Å². The summed E-state index contributed by atoms with van der Waals surface area (Å²) in [6.45, 7) is 3.97. The van der Waals surface area contributed by atoms with Gasteiger partial charge < -0.3 is 10.1 Å².